The monoisotopic (exact) mass is 237 g/mol. The van der Waals surface area contributed by atoms with Gasteiger partial charge in [0.25, 0.3) is 0 Å². The molecule has 0 atom stereocenters. The van der Waals surface area contributed by atoms with Crippen LogP contribution in [0.5, 0.6) is 5.75 Å². The minimum Gasteiger partial charge on any atom is -0.467 e. The molecule has 2 N–H and O–H groups in total. The molecule has 0 aromatic heterocycles. The molecule has 1 aromatic carbocycles. The number of ether oxygens (including phenoxy) is 2. The SMILES string of the molecule is NC1(CCc2cc3c(cc2F)COCO3)CC1. The Kier molecular flexibility index (Phi) is 2.56. The fourth-order valence-corrected chi connectivity index (χ4v) is 2.13. The first-order chi connectivity index (χ1) is 8.16. The molecule has 0 spiro atoms. The highest BCUT2D eigenvalue weighted by atomic mass is 19.1. The van der Waals surface area contributed by atoms with Crippen LogP contribution < -0.4 is 10.5 Å². The Bertz CT molecular complexity index is 443. The first-order valence-corrected chi connectivity index (χ1v) is 5.97. The van der Waals surface area contributed by atoms with E-state index >= 15 is 0 Å². The molecule has 1 saturated carbocycles. The van der Waals surface area contributed by atoms with Crippen molar-refractivity contribution in [3.63, 3.8) is 0 Å². The summed E-state index contributed by atoms with van der Waals surface area (Å²) in [5.41, 5.74) is 7.45. The van der Waals surface area contributed by atoms with E-state index in [4.69, 9.17) is 15.2 Å². The number of fused-ring (bicyclic) bond motifs is 1. The van der Waals surface area contributed by atoms with Crippen LogP contribution >= 0.6 is 0 Å². The second kappa shape index (κ2) is 3.96. The molecule has 1 aromatic rings. The molecule has 17 heavy (non-hydrogen) atoms. The molecular formula is C13H16FNO2. The first-order valence-electron chi connectivity index (χ1n) is 5.97. The highest BCUT2D eigenvalue weighted by Crippen LogP contribution is 2.37. The van der Waals surface area contributed by atoms with E-state index in [1.165, 1.54) is 6.07 Å². The van der Waals surface area contributed by atoms with Crippen molar-refractivity contribution in [1.29, 1.82) is 0 Å². The van der Waals surface area contributed by atoms with Crippen LogP contribution in [0.3, 0.4) is 0 Å². The lowest BCUT2D eigenvalue weighted by Crippen LogP contribution is -2.22. The Morgan fingerprint density at radius 2 is 2.18 bits per heavy atom. The molecule has 3 nitrogen and oxygen atoms in total. The van der Waals surface area contributed by atoms with Gasteiger partial charge in [-0.05, 0) is 43.4 Å². The van der Waals surface area contributed by atoms with Gasteiger partial charge in [-0.2, -0.15) is 0 Å². The van der Waals surface area contributed by atoms with Crippen LogP contribution in [0.2, 0.25) is 0 Å². The van der Waals surface area contributed by atoms with E-state index in [0.29, 0.717) is 18.6 Å². The summed E-state index contributed by atoms with van der Waals surface area (Å²) in [6.45, 7) is 0.673. The van der Waals surface area contributed by atoms with Gasteiger partial charge in [0.2, 0.25) is 0 Å². The summed E-state index contributed by atoms with van der Waals surface area (Å²) in [5.74, 6) is 0.566. The normalized spacial score (nSPS) is 20.6. The van der Waals surface area contributed by atoms with E-state index in [-0.39, 0.29) is 18.1 Å². The lowest BCUT2D eigenvalue weighted by Gasteiger charge is -2.19. The van der Waals surface area contributed by atoms with Gasteiger partial charge < -0.3 is 15.2 Å². The van der Waals surface area contributed by atoms with Gasteiger partial charge in [0.15, 0.2) is 6.79 Å². The van der Waals surface area contributed by atoms with Crippen LogP contribution in [0.4, 0.5) is 4.39 Å². The molecule has 0 radical (unpaired) electrons. The van der Waals surface area contributed by atoms with Crippen LogP contribution in [0.1, 0.15) is 30.4 Å². The van der Waals surface area contributed by atoms with Crippen molar-refractivity contribution in [3.8, 4) is 5.75 Å². The minimum atomic E-state index is -0.179. The van der Waals surface area contributed by atoms with Gasteiger partial charge in [-0.3, -0.25) is 0 Å². The van der Waals surface area contributed by atoms with E-state index in [1.807, 2.05) is 0 Å². The Balaban J connectivity index is 1.78. The predicted octanol–water partition coefficient (Wildman–Crippen LogP) is 2.12. The summed E-state index contributed by atoms with van der Waals surface area (Å²) < 4.78 is 24.3. The molecule has 0 unspecified atom stereocenters. The largest absolute Gasteiger partial charge is 0.467 e. The molecule has 92 valence electrons. The quantitative estimate of drug-likeness (QED) is 0.875. The van der Waals surface area contributed by atoms with Crippen molar-refractivity contribution in [1.82, 2.24) is 0 Å². The van der Waals surface area contributed by atoms with Crippen molar-refractivity contribution >= 4 is 0 Å². The van der Waals surface area contributed by atoms with E-state index in [2.05, 4.69) is 0 Å². The summed E-state index contributed by atoms with van der Waals surface area (Å²) in [6.07, 6.45) is 3.65. The van der Waals surface area contributed by atoms with Crippen LogP contribution in [-0.2, 0) is 17.8 Å². The zero-order valence-electron chi connectivity index (χ0n) is 9.67. The molecule has 1 aliphatic carbocycles. The first kappa shape index (κ1) is 11.0. The van der Waals surface area contributed by atoms with Gasteiger partial charge in [-0.25, -0.2) is 4.39 Å². The third-order valence-electron chi connectivity index (χ3n) is 3.57. The predicted molar refractivity (Wildman–Crippen MR) is 61.2 cm³/mol. The second-order valence-electron chi connectivity index (χ2n) is 5.02. The molecule has 3 rings (SSSR count). The average molecular weight is 237 g/mol. The van der Waals surface area contributed by atoms with Crippen LogP contribution in [0, 0.1) is 5.82 Å². The number of aryl methyl sites for hydroxylation is 1. The summed E-state index contributed by atoms with van der Waals surface area (Å²) in [4.78, 5) is 0. The van der Waals surface area contributed by atoms with Gasteiger partial charge in [-0.1, -0.05) is 0 Å². The maximum atomic E-state index is 13.8. The summed E-state index contributed by atoms with van der Waals surface area (Å²) >= 11 is 0. The molecular weight excluding hydrogens is 221 g/mol. The van der Waals surface area contributed by atoms with E-state index in [0.717, 1.165) is 30.6 Å². The van der Waals surface area contributed by atoms with Gasteiger partial charge in [0.05, 0.1) is 6.61 Å². The summed E-state index contributed by atoms with van der Waals surface area (Å²) in [5, 5.41) is 0. The Morgan fingerprint density at radius 1 is 1.35 bits per heavy atom. The Morgan fingerprint density at radius 3 is 2.94 bits per heavy atom. The zero-order valence-corrected chi connectivity index (χ0v) is 9.67. The minimum absolute atomic E-state index is 0.0354. The van der Waals surface area contributed by atoms with Gasteiger partial charge in [0.1, 0.15) is 11.6 Å². The van der Waals surface area contributed by atoms with E-state index in [9.17, 15) is 4.39 Å². The van der Waals surface area contributed by atoms with Gasteiger partial charge >= 0.3 is 0 Å². The van der Waals surface area contributed by atoms with Crippen molar-refractivity contribution in [3.05, 3.63) is 29.1 Å². The molecule has 1 fully saturated rings. The van der Waals surface area contributed by atoms with Crippen molar-refractivity contribution in [2.75, 3.05) is 6.79 Å². The lowest BCUT2D eigenvalue weighted by atomic mass is 10.0. The van der Waals surface area contributed by atoms with Gasteiger partial charge in [-0.15, -0.1) is 0 Å². The van der Waals surface area contributed by atoms with Gasteiger partial charge in [0, 0.05) is 11.1 Å². The molecule has 1 heterocycles. The highest BCUT2D eigenvalue weighted by Gasteiger charge is 2.37. The van der Waals surface area contributed by atoms with Crippen LogP contribution in [-0.4, -0.2) is 12.3 Å². The summed E-state index contributed by atoms with van der Waals surface area (Å²) in [7, 11) is 0. The molecule has 0 saturated heterocycles. The van der Waals surface area contributed by atoms with Crippen LogP contribution in [0.25, 0.3) is 0 Å². The van der Waals surface area contributed by atoms with Crippen molar-refractivity contribution in [2.24, 2.45) is 5.73 Å². The fraction of sp³-hybridized carbons (Fsp3) is 0.538. The highest BCUT2D eigenvalue weighted by molar-refractivity contribution is 5.39. The summed E-state index contributed by atoms with van der Waals surface area (Å²) in [6, 6.07) is 3.30. The number of nitrogens with two attached hydrogens (primary N) is 1. The second-order valence-corrected chi connectivity index (χ2v) is 5.02. The number of benzene rings is 1. The fourth-order valence-electron chi connectivity index (χ4n) is 2.13. The number of hydrogen-bond acceptors (Lipinski definition) is 3. The number of rotatable bonds is 3. The third-order valence-corrected chi connectivity index (χ3v) is 3.57. The van der Waals surface area contributed by atoms with Crippen LogP contribution in [0.15, 0.2) is 12.1 Å². The number of hydrogen-bond donors (Lipinski definition) is 1. The maximum absolute atomic E-state index is 13.8. The average Bonchev–Trinajstić information content (AvgIpc) is 3.05. The van der Waals surface area contributed by atoms with E-state index < -0.39 is 0 Å². The topological polar surface area (TPSA) is 44.5 Å². The third kappa shape index (κ3) is 2.28. The molecule has 0 amide bonds. The zero-order chi connectivity index (χ0) is 11.9. The standard InChI is InChI=1S/C13H16FNO2/c14-11-5-10-7-16-8-17-12(10)6-9(11)1-2-13(15)3-4-13/h5-6H,1-4,7-8,15H2. The van der Waals surface area contributed by atoms with Crippen molar-refractivity contribution in [2.45, 2.75) is 37.8 Å². The van der Waals surface area contributed by atoms with E-state index in [1.54, 1.807) is 6.07 Å². The van der Waals surface area contributed by atoms with Crippen molar-refractivity contribution < 1.29 is 13.9 Å². The number of halogens is 1. The molecule has 4 heteroatoms. The Labute approximate surface area is 99.7 Å². The lowest BCUT2D eigenvalue weighted by molar-refractivity contribution is -0.0166. The Hall–Kier alpha value is -1.13. The maximum Gasteiger partial charge on any atom is 0.189 e. The molecule has 2 aliphatic rings. The molecule has 0 bridgehead atoms. The smallest absolute Gasteiger partial charge is 0.189 e. The molecule has 1 aliphatic heterocycles.